The standard InChI is InChI=1S/C10H7BrClF2N3/c11-7-1-2-8(13)6(10(7)14)4-17-9(3-12)15-5-16-17/h1-2,5H,3-4H2. The van der Waals surface area contributed by atoms with Crippen LogP contribution < -0.4 is 0 Å². The highest BCUT2D eigenvalue weighted by Crippen LogP contribution is 2.22. The van der Waals surface area contributed by atoms with Gasteiger partial charge in [-0.15, -0.1) is 11.6 Å². The largest absolute Gasteiger partial charge is 0.244 e. The molecule has 1 heterocycles. The summed E-state index contributed by atoms with van der Waals surface area (Å²) < 4.78 is 28.8. The highest BCUT2D eigenvalue weighted by molar-refractivity contribution is 9.10. The molecule has 0 bridgehead atoms. The summed E-state index contributed by atoms with van der Waals surface area (Å²) in [6.07, 6.45) is 1.30. The molecule has 0 amide bonds. The Morgan fingerprint density at radius 3 is 2.82 bits per heavy atom. The summed E-state index contributed by atoms with van der Waals surface area (Å²) in [5.41, 5.74) is -0.0729. The zero-order valence-corrected chi connectivity index (χ0v) is 10.8. The molecular formula is C10H7BrClF2N3. The maximum absolute atomic E-state index is 13.7. The van der Waals surface area contributed by atoms with E-state index < -0.39 is 11.6 Å². The zero-order valence-electron chi connectivity index (χ0n) is 8.50. The lowest BCUT2D eigenvalue weighted by Gasteiger charge is -2.08. The van der Waals surface area contributed by atoms with Crippen LogP contribution in [0.15, 0.2) is 22.9 Å². The van der Waals surface area contributed by atoms with Crippen LogP contribution in [0.3, 0.4) is 0 Å². The van der Waals surface area contributed by atoms with Gasteiger partial charge < -0.3 is 0 Å². The summed E-state index contributed by atoms with van der Waals surface area (Å²) in [4.78, 5) is 3.88. The number of aromatic nitrogens is 3. The fourth-order valence-electron chi connectivity index (χ4n) is 1.39. The summed E-state index contributed by atoms with van der Waals surface area (Å²) in [7, 11) is 0. The molecule has 0 unspecified atom stereocenters. The van der Waals surface area contributed by atoms with Gasteiger partial charge in [0.1, 0.15) is 23.8 Å². The first-order valence-corrected chi connectivity index (χ1v) is 6.01. The molecule has 0 aliphatic rings. The van der Waals surface area contributed by atoms with Crippen molar-refractivity contribution < 1.29 is 8.78 Å². The molecule has 0 fully saturated rings. The second-order valence-electron chi connectivity index (χ2n) is 3.29. The van der Waals surface area contributed by atoms with Crippen molar-refractivity contribution in [3.63, 3.8) is 0 Å². The molecular weight excluding hydrogens is 315 g/mol. The lowest BCUT2D eigenvalue weighted by atomic mass is 10.2. The van der Waals surface area contributed by atoms with Crippen LogP contribution in [0.4, 0.5) is 8.78 Å². The van der Waals surface area contributed by atoms with E-state index in [4.69, 9.17) is 11.6 Å². The molecule has 0 N–H and O–H groups in total. The van der Waals surface area contributed by atoms with Crippen LogP contribution in [0.2, 0.25) is 0 Å². The fraction of sp³-hybridized carbons (Fsp3) is 0.200. The number of benzene rings is 1. The third-order valence-electron chi connectivity index (χ3n) is 2.26. The lowest BCUT2D eigenvalue weighted by Crippen LogP contribution is -2.09. The van der Waals surface area contributed by atoms with Gasteiger partial charge >= 0.3 is 0 Å². The Morgan fingerprint density at radius 2 is 2.12 bits per heavy atom. The predicted octanol–water partition coefficient (Wildman–Crippen LogP) is 3.11. The third-order valence-corrected chi connectivity index (χ3v) is 3.11. The van der Waals surface area contributed by atoms with E-state index >= 15 is 0 Å². The van der Waals surface area contributed by atoms with Gasteiger partial charge in [-0.3, -0.25) is 0 Å². The molecule has 7 heteroatoms. The fourth-order valence-corrected chi connectivity index (χ4v) is 1.97. The Morgan fingerprint density at radius 1 is 1.35 bits per heavy atom. The minimum absolute atomic E-state index is 0.0425. The van der Waals surface area contributed by atoms with Gasteiger partial charge in [0.2, 0.25) is 0 Å². The van der Waals surface area contributed by atoms with Crippen LogP contribution in [0, 0.1) is 11.6 Å². The third kappa shape index (κ3) is 2.47. The Bertz CT molecular complexity index is 544. The van der Waals surface area contributed by atoms with Gasteiger partial charge in [0, 0.05) is 5.56 Å². The first-order chi connectivity index (χ1) is 8.13. The SMILES string of the molecule is Fc1ccc(Br)c(F)c1Cn1ncnc1CCl. The van der Waals surface area contributed by atoms with E-state index in [2.05, 4.69) is 26.0 Å². The quantitative estimate of drug-likeness (QED) is 0.642. The number of rotatable bonds is 3. The van der Waals surface area contributed by atoms with Crippen LogP contribution in [-0.2, 0) is 12.4 Å². The monoisotopic (exact) mass is 321 g/mol. The van der Waals surface area contributed by atoms with Gasteiger partial charge in [-0.1, -0.05) is 0 Å². The molecule has 2 aromatic rings. The molecule has 0 aliphatic heterocycles. The Kier molecular flexibility index (Phi) is 3.73. The average Bonchev–Trinajstić information content (AvgIpc) is 2.77. The first kappa shape index (κ1) is 12.4. The summed E-state index contributed by atoms with van der Waals surface area (Å²) in [5.74, 6) is -0.662. The summed E-state index contributed by atoms with van der Waals surface area (Å²) in [6.45, 7) is -0.0425. The minimum atomic E-state index is -0.638. The van der Waals surface area contributed by atoms with Crippen molar-refractivity contribution in [2.45, 2.75) is 12.4 Å². The molecule has 0 radical (unpaired) electrons. The molecule has 0 spiro atoms. The highest BCUT2D eigenvalue weighted by atomic mass is 79.9. The van der Waals surface area contributed by atoms with Gasteiger partial charge in [0.05, 0.1) is 16.9 Å². The molecule has 17 heavy (non-hydrogen) atoms. The maximum atomic E-state index is 13.7. The Hall–Kier alpha value is -1.01. The van der Waals surface area contributed by atoms with Gasteiger partial charge in [-0.25, -0.2) is 18.4 Å². The van der Waals surface area contributed by atoms with Crippen molar-refractivity contribution in [1.29, 1.82) is 0 Å². The molecule has 3 nitrogen and oxygen atoms in total. The van der Waals surface area contributed by atoms with Crippen LogP contribution in [-0.4, -0.2) is 14.8 Å². The van der Waals surface area contributed by atoms with Crippen LogP contribution in [0.1, 0.15) is 11.4 Å². The van der Waals surface area contributed by atoms with Crippen molar-refractivity contribution in [3.05, 3.63) is 46.0 Å². The van der Waals surface area contributed by atoms with E-state index in [1.54, 1.807) is 0 Å². The number of hydrogen-bond donors (Lipinski definition) is 0. The van der Waals surface area contributed by atoms with E-state index in [-0.39, 0.29) is 22.5 Å². The van der Waals surface area contributed by atoms with E-state index in [1.807, 2.05) is 0 Å². The zero-order chi connectivity index (χ0) is 12.4. The number of hydrogen-bond acceptors (Lipinski definition) is 2. The normalized spacial score (nSPS) is 10.8. The van der Waals surface area contributed by atoms with Crippen molar-refractivity contribution >= 4 is 27.5 Å². The molecule has 2 rings (SSSR count). The first-order valence-electron chi connectivity index (χ1n) is 4.68. The number of nitrogens with zero attached hydrogens (tertiary/aromatic N) is 3. The van der Waals surface area contributed by atoms with Gasteiger partial charge in [-0.05, 0) is 28.1 Å². The topological polar surface area (TPSA) is 30.7 Å². The summed E-state index contributed by atoms with van der Waals surface area (Å²) >= 11 is 8.64. The summed E-state index contributed by atoms with van der Waals surface area (Å²) in [6, 6.07) is 2.51. The van der Waals surface area contributed by atoms with Crippen molar-refractivity contribution in [3.8, 4) is 0 Å². The van der Waals surface area contributed by atoms with E-state index in [0.29, 0.717) is 5.82 Å². The molecule has 0 atom stereocenters. The van der Waals surface area contributed by atoms with Gasteiger partial charge in [-0.2, -0.15) is 5.10 Å². The molecule has 1 aromatic heterocycles. The predicted molar refractivity (Wildman–Crippen MR) is 62.7 cm³/mol. The number of halogens is 4. The van der Waals surface area contributed by atoms with Crippen molar-refractivity contribution in [1.82, 2.24) is 14.8 Å². The second-order valence-corrected chi connectivity index (χ2v) is 4.41. The second kappa shape index (κ2) is 5.10. The smallest absolute Gasteiger partial charge is 0.145 e. The van der Waals surface area contributed by atoms with E-state index in [0.717, 1.165) is 0 Å². The lowest BCUT2D eigenvalue weighted by molar-refractivity contribution is 0.524. The molecule has 0 saturated carbocycles. The Labute approximate surface area is 110 Å². The van der Waals surface area contributed by atoms with Crippen LogP contribution in [0.25, 0.3) is 0 Å². The molecule has 0 saturated heterocycles. The van der Waals surface area contributed by atoms with Crippen molar-refractivity contribution in [2.24, 2.45) is 0 Å². The maximum Gasteiger partial charge on any atom is 0.145 e. The van der Waals surface area contributed by atoms with Gasteiger partial charge in [0.25, 0.3) is 0 Å². The minimum Gasteiger partial charge on any atom is -0.244 e. The van der Waals surface area contributed by atoms with Crippen LogP contribution in [0.5, 0.6) is 0 Å². The van der Waals surface area contributed by atoms with E-state index in [1.165, 1.54) is 23.1 Å². The Balaban J connectivity index is 2.39. The molecule has 0 aliphatic carbocycles. The number of alkyl halides is 1. The highest BCUT2D eigenvalue weighted by Gasteiger charge is 2.14. The average molecular weight is 323 g/mol. The van der Waals surface area contributed by atoms with Gasteiger partial charge in [0.15, 0.2) is 0 Å². The molecule has 90 valence electrons. The van der Waals surface area contributed by atoms with E-state index in [9.17, 15) is 8.78 Å². The molecule has 1 aromatic carbocycles. The summed E-state index contributed by atoms with van der Waals surface area (Å²) in [5, 5.41) is 3.87. The van der Waals surface area contributed by atoms with Crippen molar-refractivity contribution in [2.75, 3.05) is 0 Å². The van der Waals surface area contributed by atoms with Crippen LogP contribution >= 0.6 is 27.5 Å².